The van der Waals surface area contributed by atoms with E-state index in [0.29, 0.717) is 0 Å². The normalized spacial score (nSPS) is 11.8. The summed E-state index contributed by atoms with van der Waals surface area (Å²) in [6.45, 7) is 0. The van der Waals surface area contributed by atoms with Gasteiger partial charge >= 0.3 is 0 Å². The van der Waals surface area contributed by atoms with Crippen molar-refractivity contribution in [2.75, 3.05) is 0 Å². The predicted molar refractivity (Wildman–Crippen MR) is 203 cm³/mol. The molecule has 0 aliphatic carbocycles. The maximum Gasteiger partial charge on any atom is 0.0547 e. The number of nitrogens with zero attached hydrogens (tertiary/aromatic N) is 2. The molecule has 2 aromatic heterocycles. The average molecular weight is 611 g/mol. The van der Waals surface area contributed by atoms with E-state index in [1.54, 1.807) is 0 Å². The van der Waals surface area contributed by atoms with Crippen LogP contribution in [0.2, 0.25) is 0 Å². The van der Waals surface area contributed by atoms with Gasteiger partial charge in [-0.25, -0.2) is 0 Å². The molecule has 2 heterocycles. The third kappa shape index (κ3) is 4.06. The number of hydrogen-bond donors (Lipinski definition) is 0. The van der Waals surface area contributed by atoms with Crippen LogP contribution < -0.4 is 0 Å². The Morgan fingerprint density at radius 2 is 0.875 bits per heavy atom. The van der Waals surface area contributed by atoms with Crippen LogP contribution in [0.1, 0.15) is 0 Å². The highest BCUT2D eigenvalue weighted by molar-refractivity contribution is 6.17. The first-order valence-corrected chi connectivity index (χ1v) is 16.5. The van der Waals surface area contributed by atoms with Crippen molar-refractivity contribution in [1.29, 1.82) is 0 Å². The van der Waals surface area contributed by atoms with Crippen LogP contribution >= 0.6 is 0 Å². The zero-order valence-electron chi connectivity index (χ0n) is 26.2. The lowest BCUT2D eigenvalue weighted by atomic mass is 9.98. The van der Waals surface area contributed by atoms with Gasteiger partial charge in [0.05, 0.1) is 22.1 Å². The molecule has 0 radical (unpaired) electrons. The standard InChI is InChI=1S/C46H30N2/c1-2-11-31(12-3-1)33-21-25-36(26-22-33)47-42-18-8-6-15-39(42)40-28-24-35(30-45(40)47)38-17-10-20-44-46(38)41-16-7-9-19-43(41)48(44)37-27-23-32-13-4-5-14-34(32)29-37/h1-30H. The average Bonchev–Trinajstić information content (AvgIpc) is 3.68. The van der Waals surface area contributed by atoms with Gasteiger partial charge in [0.25, 0.3) is 0 Å². The summed E-state index contributed by atoms with van der Waals surface area (Å²) in [6.07, 6.45) is 0. The molecule has 10 aromatic rings. The van der Waals surface area contributed by atoms with Crippen LogP contribution in [-0.4, -0.2) is 9.13 Å². The maximum absolute atomic E-state index is 2.42. The van der Waals surface area contributed by atoms with Gasteiger partial charge in [0.15, 0.2) is 0 Å². The zero-order chi connectivity index (χ0) is 31.6. The van der Waals surface area contributed by atoms with Crippen molar-refractivity contribution in [3.05, 3.63) is 182 Å². The van der Waals surface area contributed by atoms with Crippen molar-refractivity contribution in [3.63, 3.8) is 0 Å². The number of fused-ring (bicyclic) bond motifs is 7. The van der Waals surface area contributed by atoms with Crippen LogP contribution in [0.3, 0.4) is 0 Å². The molecule has 0 amide bonds. The molecule has 0 saturated heterocycles. The molecule has 0 unspecified atom stereocenters. The molecule has 10 rings (SSSR count). The van der Waals surface area contributed by atoms with Crippen LogP contribution in [0.15, 0.2) is 182 Å². The number of rotatable bonds is 4. The van der Waals surface area contributed by atoms with E-state index in [-0.39, 0.29) is 0 Å². The van der Waals surface area contributed by atoms with Crippen LogP contribution in [-0.2, 0) is 0 Å². The fourth-order valence-electron chi connectivity index (χ4n) is 7.70. The Bertz CT molecular complexity index is 2820. The van der Waals surface area contributed by atoms with Crippen molar-refractivity contribution >= 4 is 54.4 Å². The van der Waals surface area contributed by atoms with Crippen LogP contribution in [0.4, 0.5) is 0 Å². The third-order valence-corrected chi connectivity index (χ3v) is 9.91. The summed E-state index contributed by atoms with van der Waals surface area (Å²) in [4.78, 5) is 0. The van der Waals surface area contributed by atoms with Crippen molar-refractivity contribution < 1.29 is 0 Å². The summed E-state index contributed by atoms with van der Waals surface area (Å²) < 4.78 is 4.84. The second-order valence-corrected chi connectivity index (χ2v) is 12.6. The smallest absolute Gasteiger partial charge is 0.0547 e. The lowest BCUT2D eigenvalue weighted by Gasteiger charge is -2.12. The highest BCUT2D eigenvalue weighted by Gasteiger charge is 2.18. The van der Waals surface area contributed by atoms with Crippen molar-refractivity contribution in [3.8, 4) is 33.6 Å². The molecule has 0 atom stereocenters. The molecule has 0 saturated carbocycles. The molecule has 0 aliphatic heterocycles. The quantitative estimate of drug-likeness (QED) is 0.188. The van der Waals surface area contributed by atoms with Gasteiger partial charge in [-0.05, 0) is 81.6 Å². The number of aromatic nitrogens is 2. The first kappa shape index (κ1) is 26.8. The van der Waals surface area contributed by atoms with Crippen LogP contribution in [0.5, 0.6) is 0 Å². The van der Waals surface area contributed by atoms with E-state index in [1.165, 1.54) is 82.3 Å². The Labute approximate surface area is 278 Å². The Morgan fingerprint density at radius 1 is 0.292 bits per heavy atom. The first-order valence-electron chi connectivity index (χ1n) is 16.5. The largest absolute Gasteiger partial charge is 0.309 e. The summed E-state index contributed by atoms with van der Waals surface area (Å²) in [5.74, 6) is 0. The third-order valence-electron chi connectivity index (χ3n) is 9.91. The van der Waals surface area contributed by atoms with Gasteiger partial charge in [-0.2, -0.15) is 0 Å². The van der Waals surface area contributed by atoms with E-state index >= 15 is 0 Å². The van der Waals surface area contributed by atoms with E-state index in [4.69, 9.17) is 0 Å². The Hall–Kier alpha value is -6.38. The van der Waals surface area contributed by atoms with Gasteiger partial charge in [-0.1, -0.05) is 133 Å². The fourth-order valence-corrected chi connectivity index (χ4v) is 7.70. The van der Waals surface area contributed by atoms with E-state index in [9.17, 15) is 0 Å². The first-order chi connectivity index (χ1) is 23.8. The minimum Gasteiger partial charge on any atom is -0.309 e. The highest BCUT2D eigenvalue weighted by atomic mass is 15.0. The molecule has 224 valence electrons. The van der Waals surface area contributed by atoms with Gasteiger partial charge in [0, 0.05) is 32.9 Å². The number of benzene rings is 8. The second kappa shape index (κ2) is 10.6. The molecular formula is C46H30N2. The minimum atomic E-state index is 1.16. The number of para-hydroxylation sites is 2. The molecule has 2 heteroatoms. The summed E-state index contributed by atoms with van der Waals surface area (Å²) in [6, 6.07) is 66.2. The lowest BCUT2D eigenvalue weighted by Crippen LogP contribution is -1.94. The van der Waals surface area contributed by atoms with Gasteiger partial charge in [-0.15, -0.1) is 0 Å². The monoisotopic (exact) mass is 610 g/mol. The zero-order valence-corrected chi connectivity index (χ0v) is 26.2. The lowest BCUT2D eigenvalue weighted by molar-refractivity contribution is 1.18. The summed E-state index contributed by atoms with van der Waals surface area (Å²) in [5, 5.41) is 7.54. The SMILES string of the molecule is c1ccc(-c2ccc(-n3c4ccccc4c4ccc(-c5cccc6c5c5ccccc5n6-c5ccc6ccccc6c5)cc43)cc2)cc1. The topological polar surface area (TPSA) is 9.86 Å². The van der Waals surface area contributed by atoms with Crippen molar-refractivity contribution in [2.45, 2.75) is 0 Å². The van der Waals surface area contributed by atoms with E-state index in [2.05, 4.69) is 191 Å². The maximum atomic E-state index is 2.42. The highest BCUT2D eigenvalue weighted by Crippen LogP contribution is 2.41. The van der Waals surface area contributed by atoms with Crippen LogP contribution in [0.25, 0.3) is 88.0 Å². The van der Waals surface area contributed by atoms with Gasteiger partial charge in [-0.3, -0.25) is 0 Å². The summed E-state index contributed by atoms with van der Waals surface area (Å²) in [7, 11) is 0. The Kier molecular flexibility index (Phi) is 5.91. The molecule has 0 bridgehead atoms. The Balaban J connectivity index is 1.20. The van der Waals surface area contributed by atoms with Gasteiger partial charge in [0.1, 0.15) is 0 Å². The molecule has 2 nitrogen and oxygen atoms in total. The van der Waals surface area contributed by atoms with E-state index < -0.39 is 0 Å². The number of hydrogen-bond acceptors (Lipinski definition) is 0. The predicted octanol–water partition coefficient (Wildman–Crippen LogP) is 12.4. The molecule has 8 aromatic carbocycles. The fraction of sp³-hybridized carbons (Fsp3) is 0. The summed E-state index contributed by atoms with van der Waals surface area (Å²) in [5.41, 5.74) is 12.1. The molecule has 0 aliphatic rings. The Morgan fingerprint density at radius 3 is 1.71 bits per heavy atom. The van der Waals surface area contributed by atoms with Gasteiger partial charge in [0.2, 0.25) is 0 Å². The molecule has 48 heavy (non-hydrogen) atoms. The van der Waals surface area contributed by atoms with Crippen LogP contribution in [0, 0.1) is 0 Å². The minimum absolute atomic E-state index is 1.16. The van der Waals surface area contributed by atoms with Gasteiger partial charge < -0.3 is 9.13 Å². The molecule has 0 N–H and O–H groups in total. The molecular weight excluding hydrogens is 581 g/mol. The van der Waals surface area contributed by atoms with Crippen molar-refractivity contribution in [1.82, 2.24) is 9.13 Å². The van der Waals surface area contributed by atoms with E-state index in [1.807, 2.05) is 0 Å². The van der Waals surface area contributed by atoms with E-state index in [0.717, 1.165) is 5.69 Å². The second-order valence-electron chi connectivity index (χ2n) is 12.6. The molecule has 0 spiro atoms. The van der Waals surface area contributed by atoms with Crippen molar-refractivity contribution in [2.24, 2.45) is 0 Å². The summed E-state index contributed by atoms with van der Waals surface area (Å²) >= 11 is 0. The molecule has 0 fully saturated rings.